The van der Waals surface area contributed by atoms with Crippen molar-refractivity contribution in [2.24, 2.45) is 0 Å². The zero-order valence-corrected chi connectivity index (χ0v) is 9.86. The third kappa shape index (κ3) is 4.34. The zero-order chi connectivity index (χ0) is 11.8. The molecule has 3 heteroatoms. The van der Waals surface area contributed by atoms with Crippen LogP contribution in [0.1, 0.15) is 25.3 Å². The Hall–Kier alpha value is -1.51. The Morgan fingerprint density at radius 2 is 2.19 bits per heavy atom. The highest BCUT2D eigenvalue weighted by atomic mass is 16.5. The number of methoxy groups -OCH3 is 1. The predicted molar refractivity (Wildman–Crippen MR) is 62.6 cm³/mol. The summed E-state index contributed by atoms with van der Waals surface area (Å²) in [6.07, 6.45) is 2.09. The summed E-state index contributed by atoms with van der Waals surface area (Å²) >= 11 is 0. The highest BCUT2D eigenvalue weighted by Crippen LogP contribution is 2.15. The van der Waals surface area contributed by atoms with Gasteiger partial charge in [0.05, 0.1) is 13.7 Å². The van der Waals surface area contributed by atoms with Crippen molar-refractivity contribution in [3.05, 3.63) is 29.8 Å². The van der Waals surface area contributed by atoms with Crippen LogP contribution < -0.4 is 4.74 Å². The SMILES string of the molecule is CCCOc1cccc(CCC(=O)OC)c1. The fraction of sp³-hybridized carbons (Fsp3) is 0.462. The van der Waals surface area contributed by atoms with E-state index in [2.05, 4.69) is 11.7 Å². The molecule has 0 saturated carbocycles. The third-order valence-corrected chi connectivity index (χ3v) is 2.22. The van der Waals surface area contributed by atoms with Gasteiger partial charge in [-0.2, -0.15) is 0 Å². The monoisotopic (exact) mass is 222 g/mol. The topological polar surface area (TPSA) is 35.5 Å². The first-order valence-electron chi connectivity index (χ1n) is 5.54. The molecule has 0 saturated heterocycles. The second-order valence-corrected chi connectivity index (χ2v) is 3.57. The Labute approximate surface area is 96.4 Å². The number of esters is 1. The maximum Gasteiger partial charge on any atom is 0.305 e. The van der Waals surface area contributed by atoms with Crippen LogP contribution in [0.4, 0.5) is 0 Å². The molecular formula is C13H18O3. The summed E-state index contributed by atoms with van der Waals surface area (Å²) in [7, 11) is 1.41. The maximum absolute atomic E-state index is 11.0. The molecule has 0 N–H and O–H groups in total. The Kier molecular flexibility index (Phi) is 5.40. The van der Waals surface area contributed by atoms with Gasteiger partial charge in [-0.3, -0.25) is 4.79 Å². The molecule has 1 rings (SSSR count). The summed E-state index contributed by atoms with van der Waals surface area (Å²) in [5.41, 5.74) is 1.10. The molecule has 0 bridgehead atoms. The summed E-state index contributed by atoms with van der Waals surface area (Å²) in [4.78, 5) is 11.0. The third-order valence-electron chi connectivity index (χ3n) is 2.22. The fourth-order valence-electron chi connectivity index (χ4n) is 1.36. The minimum absolute atomic E-state index is 0.181. The summed E-state index contributed by atoms with van der Waals surface area (Å²) in [5, 5.41) is 0. The molecule has 16 heavy (non-hydrogen) atoms. The van der Waals surface area contributed by atoms with Crippen LogP contribution in [0.25, 0.3) is 0 Å². The second kappa shape index (κ2) is 6.88. The summed E-state index contributed by atoms with van der Waals surface area (Å²) in [6, 6.07) is 7.83. The van der Waals surface area contributed by atoms with Crippen molar-refractivity contribution in [1.82, 2.24) is 0 Å². The largest absolute Gasteiger partial charge is 0.494 e. The second-order valence-electron chi connectivity index (χ2n) is 3.57. The lowest BCUT2D eigenvalue weighted by molar-refractivity contribution is -0.140. The number of benzene rings is 1. The molecule has 0 unspecified atom stereocenters. The molecule has 0 atom stereocenters. The summed E-state index contributed by atoms with van der Waals surface area (Å²) in [6.45, 7) is 2.79. The molecule has 0 aliphatic heterocycles. The van der Waals surface area contributed by atoms with Crippen molar-refractivity contribution >= 4 is 5.97 Å². The van der Waals surface area contributed by atoms with Gasteiger partial charge in [0.15, 0.2) is 0 Å². The normalized spacial score (nSPS) is 9.88. The van der Waals surface area contributed by atoms with E-state index in [0.29, 0.717) is 12.8 Å². The number of hydrogen-bond donors (Lipinski definition) is 0. The molecule has 0 aromatic heterocycles. The van der Waals surface area contributed by atoms with Crippen LogP contribution in [-0.4, -0.2) is 19.7 Å². The van der Waals surface area contributed by atoms with Gasteiger partial charge in [-0.15, -0.1) is 0 Å². The van der Waals surface area contributed by atoms with Crippen LogP contribution in [0, 0.1) is 0 Å². The van der Waals surface area contributed by atoms with Gasteiger partial charge in [0.1, 0.15) is 5.75 Å². The molecule has 0 radical (unpaired) electrons. The first-order chi connectivity index (χ1) is 7.76. The molecule has 88 valence electrons. The van der Waals surface area contributed by atoms with Crippen molar-refractivity contribution in [2.75, 3.05) is 13.7 Å². The standard InChI is InChI=1S/C13H18O3/c1-3-9-16-12-6-4-5-11(10-12)7-8-13(14)15-2/h4-6,10H,3,7-9H2,1-2H3. The Morgan fingerprint density at radius 3 is 2.88 bits per heavy atom. The maximum atomic E-state index is 11.0. The Bertz CT molecular complexity index is 334. The molecule has 3 nitrogen and oxygen atoms in total. The number of carbonyl (C=O) groups excluding carboxylic acids is 1. The average Bonchev–Trinajstić information content (AvgIpc) is 2.34. The van der Waals surface area contributed by atoms with E-state index in [1.54, 1.807) is 0 Å². The minimum atomic E-state index is -0.181. The summed E-state index contributed by atoms with van der Waals surface area (Å²) in [5.74, 6) is 0.684. The Balaban J connectivity index is 2.50. The van der Waals surface area contributed by atoms with E-state index in [-0.39, 0.29) is 5.97 Å². The lowest BCUT2D eigenvalue weighted by atomic mass is 10.1. The molecule has 1 aromatic carbocycles. The van der Waals surface area contributed by atoms with Gasteiger partial charge in [-0.05, 0) is 30.5 Å². The van der Waals surface area contributed by atoms with E-state index in [1.165, 1.54) is 7.11 Å². The first-order valence-corrected chi connectivity index (χ1v) is 5.54. The van der Waals surface area contributed by atoms with Gasteiger partial charge in [-0.25, -0.2) is 0 Å². The fourth-order valence-corrected chi connectivity index (χ4v) is 1.36. The molecular weight excluding hydrogens is 204 g/mol. The van der Waals surface area contributed by atoms with E-state index in [1.807, 2.05) is 24.3 Å². The van der Waals surface area contributed by atoms with Crippen molar-refractivity contribution in [3.8, 4) is 5.75 Å². The van der Waals surface area contributed by atoms with Crippen molar-refractivity contribution in [1.29, 1.82) is 0 Å². The van der Waals surface area contributed by atoms with E-state index in [0.717, 1.165) is 24.3 Å². The molecule has 0 aliphatic rings. The molecule has 0 aliphatic carbocycles. The molecule has 0 heterocycles. The van der Waals surface area contributed by atoms with E-state index >= 15 is 0 Å². The number of rotatable bonds is 6. The number of aryl methyl sites for hydroxylation is 1. The van der Waals surface area contributed by atoms with Crippen LogP contribution in [0.15, 0.2) is 24.3 Å². The zero-order valence-electron chi connectivity index (χ0n) is 9.86. The van der Waals surface area contributed by atoms with Gasteiger partial charge >= 0.3 is 5.97 Å². The quantitative estimate of drug-likeness (QED) is 0.694. The van der Waals surface area contributed by atoms with E-state index in [9.17, 15) is 4.79 Å². The van der Waals surface area contributed by atoms with E-state index in [4.69, 9.17) is 4.74 Å². The average molecular weight is 222 g/mol. The van der Waals surface area contributed by atoms with Crippen LogP contribution in [0.5, 0.6) is 5.75 Å². The van der Waals surface area contributed by atoms with Gasteiger partial charge in [-0.1, -0.05) is 19.1 Å². The lowest BCUT2D eigenvalue weighted by Crippen LogP contribution is -2.02. The van der Waals surface area contributed by atoms with Gasteiger partial charge in [0, 0.05) is 6.42 Å². The molecule has 0 amide bonds. The van der Waals surface area contributed by atoms with Gasteiger partial charge in [0.25, 0.3) is 0 Å². The predicted octanol–water partition coefficient (Wildman–Crippen LogP) is 2.58. The van der Waals surface area contributed by atoms with Gasteiger partial charge in [0.2, 0.25) is 0 Å². The first kappa shape index (κ1) is 12.6. The summed E-state index contributed by atoms with van der Waals surface area (Å²) < 4.78 is 10.1. The highest BCUT2D eigenvalue weighted by Gasteiger charge is 2.02. The lowest BCUT2D eigenvalue weighted by Gasteiger charge is -2.06. The number of ether oxygens (including phenoxy) is 2. The van der Waals surface area contributed by atoms with Crippen LogP contribution in [-0.2, 0) is 16.0 Å². The van der Waals surface area contributed by atoms with Crippen LogP contribution in [0.3, 0.4) is 0 Å². The number of carbonyl (C=O) groups is 1. The van der Waals surface area contributed by atoms with Crippen LogP contribution >= 0.6 is 0 Å². The Morgan fingerprint density at radius 1 is 1.38 bits per heavy atom. The highest BCUT2D eigenvalue weighted by molar-refractivity contribution is 5.69. The smallest absolute Gasteiger partial charge is 0.305 e. The van der Waals surface area contributed by atoms with Crippen molar-refractivity contribution in [3.63, 3.8) is 0 Å². The number of hydrogen-bond acceptors (Lipinski definition) is 3. The molecule has 1 aromatic rings. The van der Waals surface area contributed by atoms with Crippen LogP contribution in [0.2, 0.25) is 0 Å². The van der Waals surface area contributed by atoms with Crippen molar-refractivity contribution in [2.45, 2.75) is 26.2 Å². The van der Waals surface area contributed by atoms with Gasteiger partial charge < -0.3 is 9.47 Å². The minimum Gasteiger partial charge on any atom is -0.494 e. The van der Waals surface area contributed by atoms with Crippen molar-refractivity contribution < 1.29 is 14.3 Å². The molecule has 0 spiro atoms. The molecule has 0 fully saturated rings. The van der Waals surface area contributed by atoms with E-state index < -0.39 is 0 Å².